The van der Waals surface area contributed by atoms with Crippen molar-refractivity contribution in [2.75, 3.05) is 7.11 Å². The van der Waals surface area contributed by atoms with Crippen molar-refractivity contribution >= 4 is 0 Å². The first-order chi connectivity index (χ1) is 9.63. The fourth-order valence-electron chi connectivity index (χ4n) is 1.78. The van der Waals surface area contributed by atoms with Crippen molar-refractivity contribution in [3.8, 4) is 17.6 Å². The first kappa shape index (κ1) is 13.8. The van der Waals surface area contributed by atoms with Crippen molar-refractivity contribution in [1.29, 1.82) is 5.26 Å². The number of aromatic nitrogens is 1. The molecule has 0 amide bonds. The molecule has 0 spiro atoms. The molecule has 0 unspecified atom stereocenters. The van der Waals surface area contributed by atoms with Crippen LogP contribution in [0.1, 0.15) is 17.0 Å². The van der Waals surface area contributed by atoms with Crippen molar-refractivity contribution in [3.05, 3.63) is 53.1 Å². The summed E-state index contributed by atoms with van der Waals surface area (Å²) in [4.78, 5) is 4.29. The molecule has 0 saturated heterocycles. The van der Waals surface area contributed by atoms with Gasteiger partial charge >= 0.3 is 0 Å². The highest BCUT2D eigenvalue weighted by Crippen LogP contribution is 2.22. The zero-order valence-electron chi connectivity index (χ0n) is 11.2. The van der Waals surface area contributed by atoms with Crippen LogP contribution < -0.4 is 9.47 Å². The average Bonchev–Trinajstić information content (AvgIpc) is 2.44. The molecule has 0 atom stereocenters. The van der Waals surface area contributed by atoms with E-state index in [1.165, 1.54) is 12.1 Å². The van der Waals surface area contributed by atoms with E-state index in [-0.39, 0.29) is 17.9 Å². The third-order valence-corrected chi connectivity index (χ3v) is 2.68. The van der Waals surface area contributed by atoms with Crippen LogP contribution in [-0.2, 0) is 6.61 Å². The Morgan fingerprint density at radius 3 is 2.85 bits per heavy atom. The van der Waals surface area contributed by atoms with Gasteiger partial charge < -0.3 is 9.47 Å². The number of nitriles is 1. The number of halogens is 1. The molecule has 0 aliphatic rings. The molecule has 0 saturated carbocycles. The summed E-state index contributed by atoms with van der Waals surface area (Å²) in [6, 6.07) is 9.59. The van der Waals surface area contributed by atoms with E-state index in [1.807, 2.05) is 6.92 Å². The monoisotopic (exact) mass is 272 g/mol. The third-order valence-electron chi connectivity index (χ3n) is 2.68. The van der Waals surface area contributed by atoms with Crippen LogP contribution in [0.5, 0.6) is 11.5 Å². The van der Waals surface area contributed by atoms with Crippen LogP contribution in [0.3, 0.4) is 0 Å². The maximum atomic E-state index is 13.4. The Morgan fingerprint density at radius 2 is 2.15 bits per heavy atom. The van der Waals surface area contributed by atoms with E-state index in [4.69, 9.17) is 14.7 Å². The van der Waals surface area contributed by atoms with Gasteiger partial charge in [-0.15, -0.1) is 0 Å². The summed E-state index contributed by atoms with van der Waals surface area (Å²) in [5, 5.41) is 8.92. The minimum atomic E-state index is -0.597. The lowest BCUT2D eigenvalue weighted by Gasteiger charge is -2.09. The van der Waals surface area contributed by atoms with E-state index in [0.29, 0.717) is 11.4 Å². The number of methoxy groups -OCH3 is 1. The maximum absolute atomic E-state index is 13.4. The molecule has 20 heavy (non-hydrogen) atoms. The first-order valence-electron chi connectivity index (χ1n) is 5.97. The Labute approximate surface area is 116 Å². The predicted molar refractivity (Wildman–Crippen MR) is 71.0 cm³/mol. The summed E-state index contributed by atoms with van der Waals surface area (Å²) < 4.78 is 24.0. The number of benzene rings is 1. The van der Waals surface area contributed by atoms with Crippen molar-refractivity contribution in [1.82, 2.24) is 4.98 Å². The minimum absolute atomic E-state index is 0.105. The summed E-state index contributed by atoms with van der Waals surface area (Å²) >= 11 is 0. The predicted octanol–water partition coefficient (Wildman–Crippen LogP) is 2.99. The van der Waals surface area contributed by atoms with Gasteiger partial charge in [0.25, 0.3) is 0 Å². The van der Waals surface area contributed by atoms with Gasteiger partial charge in [0.2, 0.25) is 0 Å². The van der Waals surface area contributed by atoms with Gasteiger partial charge in [-0.25, -0.2) is 4.39 Å². The highest BCUT2D eigenvalue weighted by molar-refractivity contribution is 5.43. The fourth-order valence-corrected chi connectivity index (χ4v) is 1.78. The number of hydrogen-bond acceptors (Lipinski definition) is 4. The lowest BCUT2D eigenvalue weighted by Crippen LogP contribution is -2.02. The van der Waals surface area contributed by atoms with Gasteiger partial charge in [0.05, 0.1) is 12.8 Å². The smallest absolute Gasteiger partial charge is 0.144 e. The molecule has 0 aliphatic heterocycles. The van der Waals surface area contributed by atoms with E-state index in [1.54, 1.807) is 31.4 Å². The summed E-state index contributed by atoms with van der Waals surface area (Å²) in [5.41, 5.74) is 1.34. The Kier molecular flexibility index (Phi) is 4.16. The number of pyridine rings is 1. The highest BCUT2D eigenvalue weighted by atomic mass is 19.1. The standard InChI is InChI=1S/C15H13FN2O2/c1-10-6-12(19-2)7-11(18-10)9-20-15-5-3-4-14(16)13(15)8-17/h3-7H,9H2,1-2H3. The fraction of sp³-hybridized carbons (Fsp3) is 0.200. The number of hydrogen-bond donors (Lipinski definition) is 0. The van der Waals surface area contributed by atoms with Crippen molar-refractivity contribution in [2.45, 2.75) is 13.5 Å². The lowest BCUT2D eigenvalue weighted by molar-refractivity contribution is 0.297. The van der Waals surface area contributed by atoms with Gasteiger partial charge in [-0.2, -0.15) is 5.26 Å². The quantitative estimate of drug-likeness (QED) is 0.858. The van der Waals surface area contributed by atoms with Gasteiger partial charge in [0, 0.05) is 17.8 Å². The number of aryl methyl sites for hydroxylation is 1. The minimum Gasteiger partial charge on any atom is -0.497 e. The first-order valence-corrected chi connectivity index (χ1v) is 5.97. The normalized spacial score (nSPS) is 9.90. The van der Waals surface area contributed by atoms with Crippen molar-refractivity contribution in [2.24, 2.45) is 0 Å². The molecule has 5 heteroatoms. The molecule has 1 heterocycles. The van der Waals surface area contributed by atoms with Gasteiger partial charge in [0.1, 0.15) is 35.6 Å². The molecular formula is C15H13FN2O2. The second-order valence-corrected chi connectivity index (χ2v) is 4.15. The summed E-state index contributed by atoms with van der Waals surface area (Å²) in [6.45, 7) is 1.98. The lowest BCUT2D eigenvalue weighted by atomic mass is 10.2. The van der Waals surface area contributed by atoms with Crippen LogP contribution in [0.15, 0.2) is 30.3 Å². The molecule has 0 N–H and O–H groups in total. The molecule has 2 rings (SSSR count). The second-order valence-electron chi connectivity index (χ2n) is 4.15. The Hall–Kier alpha value is -2.61. The molecule has 0 radical (unpaired) electrons. The van der Waals surface area contributed by atoms with Crippen LogP contribution in [0.2, 0.25) is 0 Å². The molecule has 4 nitrogen and oxygen atoms in total. The van der Waals surface area contributed by atoms with Crippen molar-refractivity contribution < 1.29 is 13.9 Å². The van der Waals surface area contributed by atoms with E-state index in [2.05, 4.69) is 4.98 Å². The van der Waals surface area contributed by atoms with Crippen LogP contribution in [0.25, 0.3) is 0 Å². The number of nitrogens with zero attached hydrogens (tertiary/aromatic N) is 2. The Balaban J connectivity index is 2.19. The van der Waals surface area contributed by atoms with Crippen molar-refractivity contribution in [3.63, 3.8) is 0 Å². The van der Waals surface area contributed by atoms with Crippen LogP contribution in [0.4, 0.5) is 4.39 Å². The number of ether oxygens (including phenoxy) is 2. The maximum Gasteiger partial charge on any atom is 0.144 e. The van der Waals surface area contributed by atoms with Crippen LogP contribution >= 0.6 is 0 Å². The molecular weight excluding hydrogens is 259 g/mol. The van der Waals surface area contributed by atoms with E-state index >= 15 is 0 Å². The van der Waals surface area contributed by atoms with Crippen LogP contribution in [-0.4, -0.2) is 12.1 Å². The molecule has 0 aliphatic carbocycles. The van der Waals surface area contributed by atoms with E-state index in [0.717, 1.165) is 5.69 Å². The summed E-state index contributed by atoms with van der Waals surface area (Å²) in [6.07, 6.45) is 0. The SMILES string of the molecule is COc1cc(C)nc(COc2cccc(F)c2C#N)c1. The van der Waals surface area contributed by atoms with Gasteiger partial charge in [-0.1, -0.05) is 6.07 Å². The van der Waals surface area contributed by atoms with E-state index < -0.39 is 5.82 Å². The van der Waals surface area contributed by atoms with Crippen LogP contribution in [0, 0.1) is 24.1 Å². The molecule has 1 aromatic carbocycles. The average molecular weight is 272 g/mol. The Morgan fingerprint density at radius 1 is 1.35 bits per heavy atom. The largest absolute Gasteiger partial charge is 0.497 e. The summed E-state index contributed by atoms with van der Waals surface area (Å²) in [7, 11) is 1.57. The second kappa shape index (κ2) is 6.02. The molecule has 2 aromatic rings. The zero-order chi connectivity index (χ0) is 14.5. The van der Waals surface area contributed by atoms with E-state index in [9.17, 15) is 4.39 Å². The topological polar surface area (TPSA) is 55.1 Å². The van der Waals surface area contributed by atoms with Gasteiger partial charge in [-0.3, -0.25) is 4.98 Å². The molecule has 102 valence electrons. The van der Waals surface area contributed by atoms with Gasteiger partial charge in [0.15, 0.2) is 0 Å². The summed E-state index contributed by atoms with van der Waals surface area (Å²) in [5.74, 6) is 0.283. The number of rotatable bonds is 4. The molecule has 0 fully saturated rings. The van der Waals surface area contributed by atoms with Gasteiger partial charge in [-0.05, 0) is 19.1 Å². The molecule has 0 bridgehead atoms. The Bertz CT molecular complexity index is 665. The third kappa shape index (κ3) is 3.04. The molecule has 1 aromatic heterocycles. The zero-order valence-corrected chi connectivity index (χ0v) is 11.2. The highest BCUT2D eigenvalue weighted by Gasteiger charge is 2.09.